The molecule has 1 aromatic carbocycles. The summed E-state index contributed by atoms with van der Waals surface area (Å²) in [7, 11) is 0. The van der Waals surface area contributed by atoms with Crippen LogP contribution in [-0.2, 0) is 6.54 Å². The molecule has 0 aliphatic rings. The standard InChI is InChI=1S/C19H13ClINO2S2/c1-10-5-6-14(25-10)15-8-13-18(26-15)16(21)17(19(23)24)22(13)9-11-3-2-4-12(20)7-11/h2-8H,9H2,1H3,(H,23,24). The molecule has 0 bridgehead atoms. The predicted molar refractivity (Wildman–Crippen MR) is 118 cm³/mol. The molecule has 0 aliphatic heterocycles. The fraction of sp³-hybridized carbons (Fsp3) is 0.105. The van der Waals surface area contributed by atoms with Gasteiger partial charge in [-0.15, -0.1) is 22.7 Å². The highest BCUT2D eigenvalue weighted by molar-refractivity contribution is 14.1. The Labute approximate surface area is 177 Å². The second-order valence-electron chi connectivity index (χ2n) is 5.92. The summed E-state index contributed by atoms with van der Waals surface area (Å²) < 4.78 is 3.69. The fourth-order valence-electron chi connectivity index (χ4n) is 2.97. The molecule has 26 heavy (non-hydrogen) atoms. The van der Waals surface area contributed by atoms with Crippen molar-refractivity contribution in [2.45, 2.75) is 13.5 Å². The molecule has 0 aliphatic carbocycles. The lowest BCUT2D eigenvalue weighted by atomic mass is 10.2. The summed E-state index contributed by atoms with van der Waals surface area (Å²) in [6, 6.07) is 13.9. The number of thiophene rings is 2. The number of hydrogen-bond acceptors (Lipinski definition) is 3. The van der Waals surface area contributed by atoms with Crippen LogP contribution in [0.2, 0.25) is 5.02 Å². The van der Waals surface area contributed by atoms with Gasteiger partial charge in [-0.05, 0) is 65.4 Å². The highest BCUT2D eigenvalue weighted by atomic mass is 127. The van der Waals surface area contributed by atoms with Crippen LogP contribution in [-0.4, -0.2) is 15.6 Å². The van der Waals surface area contributed by atoms with Gasteiger partial charge in [-0.2, -0.15) is 0 Å². The predicted octanol–water partition coefficient (Wildman–Crippen LogP) is 6.74. The Morgan fingerprint density at radius 3 is 2.65 bits per heavy atom. The number of fused-ring (bicyclic) bond motifs is 1. The van der Waals surface area contributed by atoms with Crippen molar-refractivity contribution in [1.82, 2.24) is 4.57 Å². The molecule has 3 aromatic heterocycles. The van der Waals surface area contributed by atoms with Crippen molar-refractivity contribution in [3.63, 3.8) is 0 Å². The molecule has 132 valence electrons. The summed E-state index contributed by atoms with van der Waals surface area (Å²) in [6.45, 7) is 2.56. The SMILES string of the molecule is Cc1ccc(-c2cc3c(s2)c(I)c(C(=O)O)n3Cc2cccc(Cl)c2)s1. The van der Waals surface area contributed by atoms with Gasteiger partial charge in [0.05, 0.1) is 13.8 Å². The Kier molecular flexibility index (Phi) is 4.85. The van der Waals surface area contributed by atoms with Crippen LogP contribution >= 0.6 is 56.9 Å². The molecule has 7 heteroatoms. The van der Waals surface area contributed by atoms with Crippen LogP contribution in [0.3, 0.4) is 0 Å². The first-order valence-corrected chi connectivity index (χ1v) is 10.9. The number of aromatic nitrogens is 1. The number of nitrogens with zero attached hydrogens (tertiary/aromatic N) is 1. The fourth-order valence-corrected chi connectivity index (χ4v) is 6.35. The van der Waals surface area contributed by atoms with Crippen LogP contribution in [0.5, 0.6) is 0 Å². The van der Waals surface area contributed by atoms with Gasteiger partial charge in [0.2, 0.25) is 0 Å². The third-order valence-corrected chi connectivity index (χ3v) is 8.09. The molecule has 4 aromatic rings. The maximum Gasteiger partial charge on any atom is 0.353 e. The van der Waals surface area contributed by atoms with Gasteiger partial charge in [0.1, 0.15) is 5.69 Å². The summed E-state index contributed by atoms with van der Waals surface area (Å²) >= 11 is 11.6. The second-order valence-corrected chi connectivity index (χ2v) is 9.77. The summed E-state index contributed by atoms with van der Waals surface area (Å²) in [4.78, 5) is 15.5. The van der Waals surface area contributed by atoms with Crippen molar-refractivity contribution >= 4 is 73.1 Å². The Morgan fingerprint density at radius 1 is 1.19 bits per heavy atom. The highest BCUT2D eigenvalue weighted by Gasteiger charge is 2.23. The minimum absolute atomic E-state index is 0.334. The van der Waals surface area contributed by atoms with Gasteiger partial charge in [-0.1, -0.05) is 23.7 Å². The number of benzene rings is 1. The number of hydrogen-bond donors (Lipinski definition) is 1. The largest absolute Gasteiger partial charge is 0.477 e. The maximum atomic E-state index is 11.9. The van der Waals surface area contributed by atoms with Gasteiger partial charge in [0, 0.05) is 26.2 Å². The third kappa shape index (κ3) is 3.19. The van der Waals surface area contributed by atoms with Crippen LogP contribution in [0.4, 0.5) is 0 Å². The average Bonchev–Trinajstić information content (AvgIpc) is 3.24. The van der Waals surface area contributed by atoms with E-state index < -0.39 is 5.97 Å². The maximum absolute atomic E-state index is 11.9. The van der Waals surface area contributed by atoms with Crippen molar-refractivity contribution in [2.24, 2.45) is 0 Å². The molecule has 4 rings (SSSR count). The molecule has 0 saturated carbocycles. The lowest BCUT2D eigenvalue weighted by molar-refractivity contribution is 0.0685. The number of aryl methyl sites for hydroxylation is 1. The van der Waals surface area contributed by atoms with Crippen molar-refractivity contribution in [3.05, 3.63) is 67.2 Å². The first kappa shape index (κ1) is 18.0. The zero-order chi connectivity index (χ0) is 18.4. The first-order valence-electron chi connectivity index (χ1n) is 7.80. The van der Waals surface area contributed by atoms with E-state index in [1.807, 2.05) is 28.8 Å². The van der Waals surface area contributed by atoms with Gasteiger partial charge in [-0.25, -0.2) is 4.79 Å². The van der Waals surface area contributed by atoms with E-state index in [9.17, 15) is 9.90 Å². The minimum atomic E-state index is -0.909. The van der Waals surface area contributed by atoms with E-state index in [0.717, 1.165) is 19.4 Å². The molecule has 3 heterocycles. The number of carboxylic acid groups (broad SMARTS) is 1. The molecular weight excluding hydrogens is 501 g/mol. The Hall–Kier alpha value is -1.35. The first-order chi connectivity index (χ1) is 12.4. The summed E-state index contributed by atoms with van der Waals surface area (Å²) in [5.41, 5.74) is 2.27. The zero-order valence-corrected chi connectivity index (χ0v) is 18.2. The molecular formula is C19H13ClINO2S2. The van der Waals surface area contributed by atoms with Crippen LogP contribution < -0.4 is 0 Å². The van der Waals surface area contributed by atoms with Crippen molar-refractivity contribution in [3.8, 4) is 9.75 Å². The van der Waals surface area contributed by atoms with Crippen molar-refractivity contribution in [1.29, 1.82) is 0 Å². The second kappa shape index (κ2) is 6.99. The van der Waals surface area contributed by atoms with E-state index in [4.69, 9.17) is 11.6 Å². The molecule has 1 N–H and O–H groups in total. The summed E-state index contributed by atoms with van der Waals surface area (Å²) in [6.07, 6.45) is 0. The van der Waals surface area contributed by atoms with Gasteiger partial charge in [-0.3, -0.25) is 0 Å². The normalized spacial score (nSPS) is 11.3. The molecule has 3 nitrogen and oxygen atoms in total. The zero-order valence-electron chi connectivity index (χ0n) is 13.6. The quantitative estimate of drug-likeness (QED) is 0.307. The van der Waals surface area contributed by atoms with Gasteiger partial charge in [0.25, 0.3) is 0 Å². The van der Waals surface area contributed by atoms with Crippen LogP contribution in [0, 0.1) is 10.5 Å². The molecule has 0 spiro atoms. The number of halogens is 2. The monoisotopic (exact) mass is 513 g/mol. The molecule has 0 atom stereocenters. The van der Waals surface area contributed by atoms with Gasteiger partial charge < -0.3 is 9.67 Å². The lowest BCUT2D eigenvalue weighted by Crippen LogP contribution is -2.10. The Morgan fingerprint density at radius 2 is 2.00 bits per heavy atom. The Bertz CT molecular complexity index is 1140. The molecule has 0 fully saturated rings. The van der Waals surface area contributed by atoms with Gasteiger partial charge in [0.15, 0.2) is 0 Å². The Balaban J connectivity index is 1.89. The summed E-state index contributed by atoms with van der Waals surface area (Å²) in [5.74, 6) is -0.909. The van der Waals surface area contributed by atoms with E-state index >= 15 is 0 Å². The topological polar surface area (TPSA) is 42.2 Å². The molecule has 0 saturated heterocycles. The smallest absolute Gasteiger partial charge is 0.353 e. The van der Waals surface area contributed by atoms with Crippen LogP contribution in [0.15, 0.2) is 42.5 Å². The lowest BCUT2D eigenvalue weighted by Gasteiger charge is -2.08. The minimum Gasteiger partial charge on any atom is -0.477 e. The molecule has 0 unspecified atom stereocenters. The van der Waals surface area contributed by atoms with E-state index in [-0.39, 0.29) is 0 Å². The number of carboxylic acids is 1. The number of carbonyl (C=O) groups is 1. The van der Waals surface area contributed by atoms with Crippen molar-refractivity contribution < 1.29 is 9.90 Å². The average molecular weight is 514 g/mol. The molecule has 0 radical (unpaired) electrons. The number of aromatic carboxylic acids is 1. The van der Waals surface area contributed by atoms with Gasteiger partial charge >= 0.3 is 5.97 Å². The van der Waals surface area contributed by atoms with E-state index in [2.05, 4.69) is 47.7 Å². The van der Waals surface area contributed by atoms with Crippen molar-refractivity contribution in [2.75, 3.05) is 0 Å². The van der Waals surface area contributed by atoms with Crippen LogP contribution in [0.1, 0.15) is 20.9 Å². The summed E-state index contributed by atoms with van der Waals surface area (Å²) in [5, 5.41) is 10.4. The van der Waals surface area contributed by atoms with E-state index in [1.165, 1.54) is 14.6 Å². The highest BCUT2D eigenvalue weighted by Crippen LogP contribution is 2.41. The van der Waals surface area contributed by atoms with E-state index in [0.29, 0.717) is 17.3 Å². The van der Waals surface area contributed by atoms with Crippen LogP contribution in [0.25, 0.3) is 20.0 Å². The third-order valence-electron chi connectivity index (χ3n) is 4.10. The number of rotatable bonds is 4. The van der Waals surface area contributed by atoms with E-state index in [1.54, 1.807) is 22.7 Å². The molecule has 0 amide bonds.